The number of hydrogen-bond donors (Lipinski definition) is 3. The Morgan fingerprint density at radius 1 is 1.00 bits per heavy atom. The van der Waals surface area contributed by atoms with E-state index in [0.29, 0.717) is 11.3 Å². The van der Waals surface area contributed by atoms with E-state index in [1.165, 1.54) is 30.3 Å². The Morgan fingerprint density at radius 3 is 2.52 bits per heavy atom. The number of aryl methyl sites for hydroxylation is 1. The molecule has 0 aliphatic heterocycles. The van der Waals surface area contributed by atoms with Crippen LogP contribution in [0.1, 0.15) is 5.76 Å². The van der Waals surface area contributed by atoms with Gasteiger partial charge in [-0.3, -0.25) is 4.79 Å². The molecular weight excluding hydrogens is 272 g/mol. The van der Waals surface area contributed by atoms with Gasteiger partial charge in [0, 0.05) is 23.3 Å². The maximum Gasteiger partial charge on any atom is 0.193 e. The van der Waals surface area contributed by atoms with Crippen molar-refractivity contribution in [3.63, 3.8) is 0 Å². The van der Waals surface area contributed by atoms with Crippen molar-refractivity contribution in [1.82, 2.24) is 0 Å². The number of aromatic hydroxyl groups is 3. The standard InChI is InChI=1S/C16H12O5/c1-8-5-13(19)15-11(6-9(17)7-14(15)21-8)10-3-2-4-12(18)16(10)20/h2-7,17-18,20H,1H3. The minimum atomic E-state index is -0.357. The third-order valence-electron chi connectivity index (χ3n) is 3.24. The van der Waals surface area contributed by atoms with E-state index in [-0.39, 0.29) is 39.2 Å². The van der Waals surface area contributed by atoms with E-state index in [1.54, 1.807) is 13.0 Å². The van der Waals surface area contributed by atoms with Gasteiger partial charge in [-0.2, -0.15) is 0 Å². The molecule has 2 aromatic carbocycles. The smallest absolute Gasteiger partial charge is 0.193 e. The van der Waals surface area contributed by atoms with Crippen molar-refractivity contribution >= 4 is 11.0 Å². The van der Waals surface area contributed by atoms with E-state index in [1.807, 2.05) is 0 Å². The van der Waals surface area contributed by atoms with Crippen LogP contribution in [-0.4, -0.2) is 15.3 Å². The molecule has 0 saturated carbocycles. The highest BCUT2D eigenvalue weighted by Gasteiger charge is 2.16. The average Bonchev–Trinajstić information content (AvgIpc) is 2.40. The first-order valence-corrected chi connectivity index (χ1v) is 6.26. The number of hydrogen-bond acceptors (Lipinski definition) is 5. The SMILES string of the molecule is Cc1cc(=O)c2c(-c3cccc(O)c3O)cc(O)cc2o1. The van der Waals surface area contributed by atoms with Crippen molar-refractivity contribution in [2.45, 2.75) is 6.92 Å². The number of para-hydroxylation sites is 1. The van der Waals surface area contributed by atoms with Crippen LogP contribution in [0.25, 0.3) is 22.1 Å². The number of phenols is 3. The third-order valence-corrected chi connectivity index (χ3v) is 3.24. The number of benzene rings is 2. The van der Waals surface area contributed by atoms with Crippen LogP contribution in [0.15, 0.2) is 45.6 Å². The molecule has 0 saturated heterocycles. The summed E-state index contributed by atoms with van der Waals surface area (Å²) < 4.78 is 5.45. The highest BCUT2D eigenvalue weighted by atomic mass is 16.3. The summed E-state index contributed by atoms with van der Waals surface area (Å²) in [4.78, 5) is 12.2. The second-order valence-corrected chi connectivity index (χ2v) is 4.76. The quantitative estimate of drug-likeness (QED) is 0.598. The highest BCUT2D eigenvalue weighted by Crippen LogP contribution is 2.40. The van der Waals surface area contributed by atoms with Crippen LogP contribution < -0.4 is 5.43 Å². The number of phenolic OH excluding ortho intramolecular Hbond substituents is 3. The van der Waals surface area contributed by atoms with E-state index in [0.717, 1.165) is 0 Å². The summed E-state index contributed by atoms with van der Waals surface area (Å²) in [5, 5.41) is 29.6. The van der Waals surface area contributed by atoms with Gasteiger partial charge in [0.2, 0.25) is 0 Å². The van der Waals surface area contributed by atoms with Gasteiger partial charge in [0.1, 0.15) is 17.1 Å². The second-order valence-electron chi connectivity index (χ2n) is 4.76. The lowest BCUT2D eigenvalue weighted by Crippen LogP contribution is -2.02. The summed E-state index contributed by atoms with van der Waals surface area (Å²) in [7, 11) is 0. The van der Waals surface area contributed by atoms with E-state index in [9.17, 15) is 20.1 Å². The van der Waals surface area contributed by atoms with Gasteiger partial charge in [0.05, 0.1) is 5.39 Å². The Balaban J connectivity index is 2.48. The van der Waals surface area contributed by atoms with Crippen LogP contribution in [0.3, 0.4) is 0 Å². The van der Waals surface area contributed by atoms with Crippen LogP contribution >= 0.6 is 0 Å². The van der Waals surface area contributed by atoms with Crippen molar-refractivity contribution in [2.75, 3.05) is 0 Å². The molecule has 5 nitrogen and oxygen atoms in total. The minimum Gasteiger partial charge on any atom is -0.508 e. The fourth-order valence-corrected chi connectivity index (χ4v) is 2.36. The lowest BCUT2D eigenvalue weighted by molar-refractivity contribution is 0.405. The molecule has 1 aromatic heterocycles. The molecule has 0 fully saturated rings. The Bertz CT molecular complexity index is 903. The molecule has 0 atom stereocenters. The Labute approximate surface area is 119 Å². The molecule has 3 rings (SSSR count). The first-order chi connectivity index (χ1) is 9.97. The van der Waals surface area contributed by atoms with Gasteiger partial charge >= 0.3 is 0 Å². The van der Waals surface area contributed by atoms with Crippen LogP contribution in [-0.2, 0) is 0 Å². The summed E-state index contributed by atoms with van der Waals surface area (Å²) in [5.74, 6) is -0.344. The number of fused-ring (bicyclic) bond motifs is 1. The summed E-state index contributed by atoms with van der Waals surface area (Å²) in [6.07, 6.45) is 0. The molecule has 106 valence electrons. The summed E-state index contributed by atoms with van der Waals surface area (Å²) in [5.41, 5.74) is 0.475. The van der Waals surface area contributed by atoms with Gasteiger partial charge < -0.3 is 19.7 Å². The van der Waals surface area contributed by atoms with Gasteiger partial charge in [-0.05, 0) is 19.1 Å². The van der Waals surface area contributed by atoms with Crippen LogP contribution in [0.4, 0.5) is 0 Å². The Kier molecular flexibility index (Phi) is 2.83. The monoisotopic (exact) mass is 284 g/mol. The fourth-order valence-electron chi connectivity index (χ4n) is 2.36. The number of rotatable bonds is 1. The molecule has 1 heterocycles. The molecule has 5 heteroatoms. The van der Waals surface area contributed by atoms with Crippen molar-refractivity contribution in [1.29, 1.82) is 0 Å². The molecule has 21 heavy (non-hydrogen) atoms. The molecule has 3 N–H and O–H groups in total. The minimum absolute atomic E-state index is 0.103. The van der Waals surface area contributed by atoms with Crippen molar-refractivity contribution in [3.05, 3.63) is 52.4 Å². The average molecular weight is 284 g/mol. The summed E-state index contributed by atoms with van der Waals surface area (Å²) in [6, 6.07) is 8.44. The van der Waals surface area contributed by atoms with Gasteiger partial charge in [-0.25, -0.2) is 0 Å². The van der Waals surface area contributed by atoms with Gasteiger partial charge in [0.15, 0.2) is 16.9 Å². The van der Waals surface area contributed by atoms with E-state index < -0.39 is 0 Å². The fraction of sp³-hybridized carbons (Fsp3) is 0.0625. The maximum atomic E-state index is 12.2. The highest BCUT2D eigenvalue weighted by molar-refractivity contribution is 5.96. The molecule has 0 aliphatic rings. The first kappa shape index (κ1) is 13.1. The molecule has 0 unspecified atom stereocenters. The normalized spacial score (nSPS) is 10.9. The molecule has 0 amide bonds. The zero-order chi connectivity index (χ0) is 15.1. The topological polar surface area (TPSA) is 90.9 Å². The molecule has 3 aromatic rings. The molecule has 0 bridgehead atoms. The van der Waals surface area contributed by atoms with Crippen molar-refractivity contribution in [3.8, 4) is 28.4 Å². The lowest BCUT2D eigenvalue weighted by Gasteiger charge is -2.10. The molecule has 0 spiro atoms. The zero-order valence-electron chi connectivity index (χ0n) is 11.1. The third kappa shape index (κ3) is 2.08. The van der Waals surface area contributed by atoms with E-state index in [2.05, 4.69) is 0 Å². The molecular formula is C16H12O5. The van der Waals surface area contributed by atoms with Crippen molar-refractivity contribution in [2.24, 2.45) is 0 Å². The first-order valence-electron chi connectivity index (χ1n) is 6.26. The largest absolute Gasteiger partial charge is 0.508 e. The van der Waals surface area contributed by atoms with Crippen LogP contribution in [0.2, 0.25) is 0 Å². The van der Waals surface area contributed by atoms with Gasteiger partial charge in [-0.15, -0.1) is 0 Å². The molecule has 0 radical (unpaired) electrons. The molecule has 0 aliphatic carbocycles. The van der Waals surface area contributed by atoms with Gasteiger partial charge in [-0.1, -0.05) is 12.1 Å². The van der Waals surface area contributed by atoms with Crippen molar-refractivity contribution < 1.29 is 19.7 Å². The second kappa shape index (κ2) is 4.56. The maximum absolute atomic E-state index is 12.2. The zero-order valence-corrected chi connectivity index (χ0v) is 11.1. The van der Waals surface area contributed by atoms with E-state index in [4.69, 9.17) is 4.42 Å². The van der Waals surface area contributed by atoms with Gasteiger partial charge in [0.25, 0.3) is 0 Å². The Hall–Kier alpha value is -2.95. The van der Waals surface area contributed by atoms with Crippen LogP contribution in [0.5, 0.6) is 17.2 Å². The summed E-state index contributed by atoms with van der Waals surface area (Å²) >= 11 is 0. The predicted molar refractivity (Wildman–Crippen MR) is 77.7 cm³/mol. The Morgan fingerprint density at radius 2 is 1.76 bits per heavy atom. The van der Waals surface area contributed by atoms with Crippen LogP contribution in [0, 0.1) is 6.92 Å². The summed E-state index contributed by atoms with van der Waals surface area (Å²) in [6.45, 7) is 1.64. The predicted octanol–water partition coefficient (Wildman–Crippen LogP) is 2.89. The lowest BCUT2D eigenvalue weighted by atomic mass is 9.99. The van der Waals surface area contributed by atoms with E-state index >= 15 is 0 Å².